The summed E-state index contributed by atoms with van der Waals surface area (Å²) in [6, 6.07) is -0.916. The molecule has 0 bridgehead atoms. The van der Waals surface area contributed by atoms with Gasteiger partial charge in [0.15, 0.2) is 0 Å². The first-order chi connectivity index (χ1) is 8.76. The Morgan fingerprint density at radius 2 is 2.05 bits per heavy atom. The van der Waals surface area contributed by atoms with E-state index in [1.807, 2.05) is 13.8 Å². The first-order valence-electron chi connectivity index (χ1n) is 6.72. The van der Waals surface area contributed by atoms with Gasteiger partial charge in [-0.2, -0.15) is 17.0 Å². The molecule has 1 fully saturated rings. The van der Waals surface area contributed by atoms with Crippen LogP contribution in [0.2, 0.25) is 0 Å². The van der Waals surface area contributed by atoms with Crippen LogP contribution >= 0.6 is 0 Å². The fourth-order valence-electron chi connectivity index (χ4n) is 2.16. The Morgan fingerprint density at radius 1 is 1.42 bits per heavy atom. The predicted molar refractivity (Wildman–Crippen MR) is 73.0 cm³/mol. The fourth-order valence-corrected chi connectivity index (χ4v) is 3.73. The molecule has 0 spiro atoms. The van der Waals surface area contributed by atoms with E-state index in [0.717, 1.165) is 23.6 Å². The number of nitrogens with zero attached hydrogens (tertiary/aromatic N) is 2. The maximum atomic E-state index is 12.4. The van der Waals surface area contributed by atoms with Gasteiger partial charge in [-0.05, 0) is 31.6 Å². The van der Waals surface area contributed by atoms with Gasteiger partial charge in [0.2, 0.25) is 0 Å². The Bertz CT molecular complexity index is 408. The smallest absolute Gasteiger partial charge is 0.322 e. The number of aliphatic carboxylic acids is 1. The molecule has 1 aliphatic heterocycles. The lowest BCUT2D eigenvalue weighted by Gasteiger charge is -2.34. The molecule has 1 aliphatic rings. The van der Waals surface area contributed by atoms with Crippen LogP contribution < -0.4 is 0 Å². The zero-order chi connectivity index (χ0) is 14.6. The van der Waals surface area contributed by atoms with Crippen LogP contribution in [0.5, 0.6) is 0 Å². The van der Waals surface area contributed by atoms with Crippen LogP contribution in [0.15, 0.2) is 0 Å². The third-order valence-electron chi connectivity index (χ3n) is 3.45. The third kappa shape index (κ3) is 4.15. The van der Waals surface area contributed by atoms with Gasteiger partial charge in [0.1, 0.15) is 6.04 Å². The molecule has 112 valence electrons. The summed E-state index contributed by atoms with van der Waals surface area (Å²) in [5.74, 6) is -0.644. The van der Waals surface area contributed by atoms with E-state index >= 15 is 0 Å². The second-order valence-corrected chi connectivity index (χ2v) is 7.46. The number of hydrogen-bond acceptors (Lipinski definition) is 3. The molecule has 1 unspecified atom stereocenters. The minimum Gasteiger partial charge on any atom is -0.480 e. The van der Waals surface area contributed by atoms with Crippen molar-refractivity contribution in [2.75, 3.05) is 20.1 Å². The Kier molecular flexibility index (Phi) is 5.76. The Morgan fingerprint density at radius 3 is 2.58 bits per heavy atom. The largest absolute Gasteiger partial charge is 0.480 e. The van der Waals surface area contributed by atoms with E-state index in [1.165, 1.54) is 11.4 Å². The van der Waals surface area contributed by atoms with Gasteiger partial charge in [-0.3, -0.25) is 4.79 Å². The predicted octanol–water partition coefficient (Wildman–Crippen LogP) is 1.15. The van der Waals surface area contributed by atoms with E-state index < -0.39 is 22.2 Å². The van der Waals surface area contributed by atoms with Crippen molar-refractivity contribution in [1.29, 1.82) is 0 Å². The van der Waals surface area contributed by atoms with Gasteiger partial charge >= 0.3 is 5.97 Å². The standard InChI is InChI=1S/C12H24N2O4S/c1-10(2)7-9-13(3)19(17,18)14-8-5-4-6-11(14)12(15)16/h10-11H,4-9H2,1-3H3,(H,15,16). The van der Waals surface area contributed by atoms with E-state index in [-0.39, 0.29) is 0 Å². The van der Waals surface area contributed by atoms with E-state index in [4.69, 9.17) is 5.11 Å². The molecule has 1 rings (SSSR count). The average molecular weight is 292 g/mol. The Balaban J connectivity index is 2.81. The molecule has 0 aromatic rings. The van der Waals surface area contributed by atoms with Crippen LogP contribution in [0.4, 0.5) is 0 Å². The second-order valence-electron chi connectivity index (χ2n) is 5.47. The lowest BCUT2D eigenvalue weighted by molar-refractivity contribution is -0.142. The van der Waals surface area contributed by atoms with Crippen molar-refractivity contribution >= 4 is 16.2 Å². The molecule has 1 heterocycles. The highest BCUT2D eigenvalue weighted by molar-refractivity contribution is 7.86. The summed E-state index contributed by atoms with van der Waals surface area (Å²) in [6.45, 7) is 4.77. The summed E-state index contributed by atoms with van der Waals surface area (Å²) in [6.07, 6.45) is 2.65. The molecule has 0 aliphatic carbocycles. The minimum atomic E-state index is -3.67. The topological polar surface area (TPSA) is 77.9 Å². The zero-order valence-electron chi connectivity index (χ0n) is 11.9. The van der Waals surface area contributed by atoms with Crippen molar-refractivity contribution in [3.05, 3.63) is 0 Å². The van der Waals surface area contributed by atoms with Crippen molar-refractivity contribution < 1.29 is 18.3 Å². The highest BCUT2D eigenvalue weighted by Gasteiger charge is 2.38. The van der Waals surface area contributed by atoms with Gasteiger partial charge in [0, 0.05) is 20.1 Å². The fraction of sp³-hybridized carbons (Fsp3) is 0.917. The Labute approximate surface area is 115 Å². The highest BCUT2D eigenvalue weighted by Crippen LogP contribution is 2.22. The molecular formula is C12H24N2O4S. The zero-order valence-corrected chi connectivity index (χ0v) is 12.7. The summed E-state index contributed by atoms with van der Waals surface area (Å²) in [5, 5.41) is 9.15. The lowest BCUT2D eigenvalue weighted by Crippen LogP contribution is -2.52. The summed E-state index contributed by atoms with van der Waals surface area (Å²) >= 11 is 0. The molecule has 7 heteroatoms. The maximum Gasteiger partial charge on any atom is 0.322 e. The first-order valence-corrected chi connectivity index (χ1v) is 8.12. The molecule has 1 atom stereocenters. The number of piperidine rings is 1. The molecule has 6 nitrogen and oxygen atoms in total. The molecule has 1 N–H and O–H groups in total. The average Bonchev–Trinajstić information content (AvgIpc) is 2.35. The molecule has 1 saturated heterocycles. The molecule has 0 amide bonds. The molecule has 0 radical (unpaired) electrons. The van der Waals surface area contributed by atoms with Crippen molar-refractivity contribution in [3.8, 4) is 0 Å². The SMILES string of the molecule is CC(C)CCN(C)S(=O)(=O)N1CCCCC1C(=O)O. The van der Waals surface area contributed by atoms with Gasteiger partial charge in [-0.1, -0.05) is 13.8 Å². The molecular weight excluding hydrogens is 268 g/mol. The van der Waals surface area contributed by atoms with Crippen LogP contribution in [0.3, 0.4) is 0 Å². The van der Waals surface area contributed by atoms with E-state index in [1.54, 1.807) is 0 Å². The summed E-state index contributed by atoms with van der Waals surface area (Å²) in [4.78, 5) is 11.2. The summed E-state index contributed by atoms with van der Waals surface area (Å²) < 4.78 is 27.2. The van der Waals surface area contributed by atoms with Gasteiger partial charge in [0.25, 0.3) is 10.2 Å². The van der Waals surface area contributed by atoms with Crippen LogP contribution in [0, 0.1) is 5.92 Å². The number of carboxylic acid groups (broad SMARTS) is 1. The monoisotopic (exact) mass is 292 g/mol. The third-order valence-corrected chi connectivity index (χ3v) is 5.45. The quantitative estimate of drug-likeness (QED) is 0.796. The van der Waals surface area contributed by atoms with Gasteiger partial charge in [-0.25, -0.2) is 0 Å². The minimum absolute atomic E-state index is 0.297. The number of carbonyl (C=O) groups is 1. The van der Waals surface area contributed by atoms with E-state index in [0.29, 0.717) is 25.4 Å². The van der Waals surface area contributed by atoms with E-state index in [9.17, 15) is 13.2 Å². The van der Waals surface area contributed by atoms with Crippen molar-refractivity contribution in [3.63, 3.8) is 0 Å². The van der Waals surface area contributed by atoms with Crippen LogP contribution in [0.1, 0.15) is 39.5 Å². The lowest BCUT2D eigenvalue weighted by atomic mass is 10.1. The highest BCUT2D eigenvalue weighted by atomic mass is 32.2. The Hall–Kier alpha value is -0.660. The molecule has 0 aromatic carbocycles. The number of rotatable bonds is 6. The van der Waals surface area contributed by atoms with Crippen molar-refractivity contribution in [1.82, 2.24) is 8.61 Å². The normalized spacial score (nSPS) is 22.1. The van der Waals surface area contributed by atoms with Crippen LogP contribution in [-0.4, -0.2) is 54.3 Å². The molecule has 19 heavy (non-hydrogen) atoms. The van der Waals surface area contributed by atoms with Crippen LogP contribution in [-0.2, 0) is 15.0 Å². The van der Waals surface area contributed by atoms with Gasteiger partial charge in [-0.15, -0.1) is 0 Å². The van der Waals surface area contributed by atoms with Gasteiger partial charge in [0.05, 0.1) is 0 Å². The van der Waals surface area contributed by atoms with Crippen molar-refractivity contribution in [2.45, 2.75) is 45.6 Å². The number of hydrogen-bond donors (Lipinski definition) is 1. The molecule has 0 aromatic heterocycles. The summed E-state index contributed by atoms with van der Waals surface area (Å²) in [5.41, 5.74) is 0. The van der Waals surface area contributed by atoms with E-state index in [2.05, 4.69) is 0 Å². The maximum absolute atomic E-state index is 12.4. The van der Waals surface area contributed by atoms with Gasteiger partial charge < -0.3 is 5.11 Å². The number of carboxylic acids is 1. The second kappa shape index (κ2) is 6.67. The first kappa shape index (κ1) is 16.4. The molecule has 0 saturated carbocycles. The summed E-state index contributed by atoms with van der Waals surface area (Å²) in [7, 11) is -2.15. The van der Waals surface area contributed by atoms with Crippen LogP contribution in [0.25, 0.3) is 0 Å². The van der Waals surface area contributed by atoms with Crippen molar-refractivity contribution in [2.24, 2.45) is 5.92 Å².